The fraction of sp³-hybridized carbons (Fsp3) is 0.200. The molecule has 0 radical (unpaired) electrons. The highest BCUT2D eigenvalue weighted by atomic mass is 16.3. The maximum absolute atomic E-state index is 12.8. The van der Waals surface area contributed by atoms with Crippen molar-refractivity contribution >= 4 is 28.3 Å². The number of nitrogens with two attached hydrogens (primary N) is 1. The number of fused-ring (bicyclic) bond motifs is 1. The molecule has 1 aliphatic carbocycles. The van der Waals surface area contributed by atoms with Gasteiger partial charge in [-0.3, -0.25) is 19.4 Å². The molecule has 0 aromatic carbocycles. The third kappa shape index (κ3) is 3.88. The second-order valence-electron chi connectivity index (χ2n) is 8.79. The third-order valence-corrected chi connectivity index (χ3v) is 6.31. The quantitative estimate of drug-likeness (QED) is 0.400. The summed E-state index contributed by atoms with van der Waals surface area (Å²) in [5.74, 6) is 1.22. The lowest BCUT2D eigenvalue weighted by Gasteiger charge is -2.10. The highest BCUT2D eigenvalue weighted by Crippen LogP contribution is 2.47. The Morgan fingerprint density at radius 1 is 1.14 bits per heavy atom. The predicted molar refractivity (Wildman–Crippen MR) is 130 cm³/mol. The van der Waals surface area contributed by atoms with E-state index >= 15 is 0 Å². The molecule has 35 heavy (non-hydrogen) atoms. The van der Waals surface area contributed by atoms with Crippen molar-refractivity contribution in [1.29, 1.82) is 0 Å². The summed E-state index contributed by atoms with van der Waals surface area (Å²) in [4.78, 5) is 30.4. The van der Waals surface area contributed by atoms with Gasteiger partial charge in [-0.25, -0.2) is 9.97 Å². The lowest BCUT2D eigenvalue weighted by atomic mass is 10.0. The van der Waals surface area contributed by atoms with E-state index in [0.29, 0.717) is 28.6 Å². The molecule has 1 fully saturated rings. The number of pyridine rings is 3. The van der Waals surface area contributed by atoms with E-state index in [0.717, 1.165) is 34.2 Å². The second kappa shape index (κ2) is 8.01. The second-order valence-corrected chi connectivity index (χ2v) is 8.79. The monoisotopic (exact) mass is 466 g/mol. The fourth-order valence-electron chi connectivity index (χ4n) is 4.38. The molecule has 5 aromatic rings. The summed E-state index contributed by atoms with van der Waals surface area (Å²) in [6.45, 7) is 1.98. The van der Waals surface area contributed by atoms with Crippen LogP contribution in [-0.4, -0.2) is 35.6 Å². The van der Waals surface area contributed by atoms with Gasteiger partial charge in [0.05, 0.1) is 18.1 Å². The summed E-state index contributed by atoms with van der Waals surface area (Å²) in [7, 11) is 1.87. The van der Waals surface area contributed by atoms with Gasteiger partial charge < -0.3 is 15.5 Å². The van der Waals surface area contributed by atoms with Gasteiger partial charge in [0.1, 0.15) is 23.6 Å². The molecular weight excluding hydrogens is 444 g/mol. The van der Waals surface area contributed by atoms with Crippen LogP contribution in [-0.2, 0) is 11.8 Å². The van der Waals surface area contributed by atoms with E-state index in [9.17, 15) is 4.79 Å². The fourth-order valence-corrected chi connectivity index (χ4v) is 4.38. The van der Waals surface area contributed by atoms with Gasteiger partial charge in [0, 0.05) is 42.5 Å². The van der Waals surface area contributed by atoms with E-state index in [2.05, 4.69) is 30.4 Å². The van der Waals surface area contributed by atoms with Gasteiger partial charge in [-0.1, -0.05) is 0 Å². The zero-order chi connectivity index (χ0) is 24.1. The van der Waals surface area contributed by atoms with E-state index in [1.807, 2.05) is 44.6 Å². The van der Waals surface area contributed by atoms with Gasteiger partial charge in [-0.05, 0) is 54.0 Å². The Labute approximate surface area is 200 Å². The zero-order valence-electron chi connectivity index (χ0n) is 19.1. The van der Waals surface area contributed by atoms with Crippen molar-refractivity contribution in [2.45, 2.75) is 19.3 Å². The van der Waals surface area contributed by atoms with Crippen LogP contribution in [0.1, 0.15) is 23.5 Å². The molecular formula is C25H22N8O2. The van der Waals surface area contributed by atoms with Crippen LogP contribution in [0.2, 0.25) is 0 Å². The number of hydrogen-bond donors (Lipinski definition) is 2. The van der Waals surface area contributed by atoms with Gasteiger partial charge in [-0.2, -0.15) is 5.10 Å². The lowest BCUT2D eigenvalue weighted by Crippen LogP contribution is -2.16. The molecule has 1 saturated carbocycles. The molecule has 0 spiro atoms. The standard InChI is InChI=1S/C25H22N8O2/c1-13-5-21(25-27-3-4-35-25)29-10-18(13)20-6-14-7-22(31-23(26)19(14)11-28-20)32-24(34)17-8-16(17)15-9-30-33(2)12-15/h3-7,9-12,16-17H,8H2,1-2H3,(H3,26,31,32,34)/t16-,17+/m0/s1. The van der Waals surface area contributed by atoms with Gasteiger partial charge in [0.15, 0.2) is 0 Å². The van der Waals surface area contributed by atoms with Gasteiger partial charge in [0.25, 0.3) is 0 Å². The first-order valence-electron chi connectivity index (χ1n) is 11.2. The minimum atomic E-state index is -0.0955. The largest absolute Gasteiger partial charge is 0.443 e. The Balaban J connectivity index is 1.26. The van der Waals surface area contributed by atoms with Crippen LogP contribution in [0.3, 0.4) is 0 Å². The van der Waals surface area contributed by atoms with E-state index in [1.165, 1.54) is 6.26 Å². The molecule has 6 rings (SSSR count). The van der Waals surface area contributed by atoms with Crippen LogP contribution in [0.25, 0.3) is 33.6 Å². The Kier molecular flexibility index (Phi) is 4.80. The summed E-state index contributed by atoms with van der Waals surface area (Å²) in [6.07, 6.45) is 11.1. The van der Waals surface area contributed by atoms with Crippen LogP contribution >= 0.6 is 0 Å². The number of nitrogens with one attached hydrogen (secondary N) is 1. The minimum Gasteiger partial charge on any atom is -0.443 e. The minimum absolute atomic E-state index is 0.0680. The third-order valence-electron chi connectivity index (χ3n) is 6.31. The number of oxazole rings is 1. The number of anilines is 2. The predicted octanol–water partition coefficient (Wildman–Crippen LogP) is 3.71. The van der Waals surface area contributed by atoms with Crippen LogP contribution in [0.5, 0.6) is 0 Å². The number of rotatable bonds is 5. The topological polar surface area (TPSA) is 138 Å². The molecule has 0 unspecified atom stereocenters. The van der Waals surface area contributed by atoms with E-state index in [-0.39, 0.29) is 17.7 Å². The molecule has 5 heterocycles. The van der Waals surface area contributed by atoms with Crippen LogP contribution in [0, 0.1) is 12.8 Å². The van der Waals surface area contributed by atoms with Crippen molar-refractivity contribution in [3.05, 3.63) is 66.6 Å². The molecule has 5 aromatic heterocycles. The van der Waals surface area contributed by atoms with Crippen LogP contribution < -0.4 is 11.1 Å². The first-order valence-corrected chi connectivity index (χ1v) is 11.2. The Bertz CT molecular complexity index is 1570. The van der Waals surface area contributed by atoms with Gasteiger partial charge in [0.2, 0.25) is 11.8 Å². The number of hydrogen-bond acceptors (Lipinski definition) is 8. The summed E-state index contributed by atoms with van der Waals surface area (Å²) in [5.41, 5.74) is 10.5. The number of amides is 1. The first kappa shape index (κ1) is 21.0. The summed E-state index contributed by atoms with van der Waals surface area (Å²) in [5, 5.41) is 8.67. The number of aryl methyl sites for hydroxylation is 2. The molecule has 3 N–H and O–H groups in total. The molecule has 0 bridgehead atoms. The average Bonchev–Trinajstić information content (AvgIpc) is 3.22. The van der Waals surface area contributed by atoms with E-state index in [4.69, 9.17) is 10.2 Å². The van der Waals surface area contributed by atoms with E-state index < -0.39 is 0 Å². The number of carbonyl (C=O) groups is 1. The average molecular weight is 467 g/mol. The highest BCUT2D eigenvalue weighted by molar-refractivity contribution is 5.99. The number of nitrogens with zero attached hydrogens (tertiary/aromatic N) is 6. The van der Waals surface area contributed by atoms with Crippen LogP contribution in [0.15, 0.2) is 59.9 Å². The van der Waals surface area contributed by atoms with Crippen molar-refractivity contribution in [3.63, 3.8) is 0 Å². The summed E-state index contributed by atoms with van der Waals surface area (Å²) in [6, 6.07) is 5.65. The number of nitrogen functional groups attached to an aromatic ring is 1. The summed E-state index contributed by atoms with van der Waals surface area (Å²) < 4.78 is 7.09. The normalized spacial score (nSPS) is 17.0. The first-order chi connectivity index (χ1) is 17.0. The van der Waals surface area contributed by atoms with Crippen molar-refractivity contribution in [2.75, 3.05) is 11.1 Å². The lowest BCUT2D eigenvalue weighted by molar-refractivity contribution is -0.117. The van der Waals surface area contributed by atoms with Crippen molar-refractivity contribution in [1.82, 2.24) is 29.7 Å². The van der Waals surface area contributed by atoms with Gasteiger partial charge in [-0.15, -0.1) is 0 Å². The number of aromatic nitrogens is 6. The van der Waals surface area contributed by atoms with Crippen molar-refractivity contribution in [2.24, 2.45) is 13.0 Å². The maximum atomic E-state index is 12.8. The number of carbonyl (C=O) groups excluding carboxylic acids is 1. The molecule has 2 atom stereocenters. The Morgan fingerprint density at radius 3 is 2.74 bits per heavy atom. The Morgan fingerprint density at radius 2 is 2.00 bits per heavy atom. The molecule has 0 saturated heterocycles. The maximum Gasteiger partial charge on any atom is 0.244 e. The molecule has 1 aliphatic rings. The smallest absolute Gasteiger partial charge is 0.244 e. The molecule has 1 amide bonds. The SMILES string of the molecule is Cc1cc(-c2ncco2)ncc1-c1cc2cc(NC(=O)[C@@H]3C[C@H]3c3cnn(C)c3)nc(N)c2cn1. The van der Waals surface area contributed by atoms with Crippen molar-refractivity contribution < 1.29 is 9.21 Å². The highest BCUT2D eigenvalue weighted by Gasteiger charge is 2.44. The molecule has 174 valence electrons. The molecule has 10 heteroatoms. The zero-order valence-corrected chi connectivity index (χ0v) is 19.1. The molecule has 10 nitrogen and oxygen atoms in total. The Hall–Kier alpha value is -4.60. The van der Waals surface area contributed by atoms with Gasteiger partial charge >= 0.3 is 0 Å². The van der Waals surface area contributed by atoms with E-state index in [1.54, 1.807) is 23.3 Å². The summed E-state index contributed by atoms with van der Waals surface area (Å²) >= 11 is 0. The van der Waals surface area contributed by atoms with Crippen molar-refractivity contribution in [3.8, 4) is 22.8 Å². The molecule has 0 aliphatic heterocycles. The van der Waals surface area contributed by atoms with Crippen LogP contribution in [0.4, 0.5) is 11.6 Å².